The summed E-state index contributed by atoms with van der Waals surface area (Å²) in [6.07, 6.45) is 1.31. The van der Waals surface area contributed by atoms with Crippen LogP contribution in [0.4, 0.5) is 5.69 Å². The van der Waals surface area contributed by atoms with Crippen molar-refractivity contribution in [3.8, 4) is 6.07 Å². The molecular weight excluding hydrogens is 522 g/mol. The van der Waals surface area contributed by atoms with E-state index >= 15 is 0 Å². The number of nitrogens with zero attached hydrogens (tertiary/aromatic N) is 2. The van der Waals surface area contributed by atoms with Crippen LogP contribution in [-0.4, -0.2) is 18.6 Å². The number of hydrogen-bond acceptors (Lipinski definition) is 5. The number of aryl methyl sites for hydroxylation is 1. The summed E-state index contributed by atoms with van der Waals surface area (Å²) in [5.41, 5.74) is 2.09. The molecule has 3 aromatic carbocycles. The molecule has 0 atom stereocenters. The monoisotopic (exact) mass is 545 g/mol. The summed E-state index contributed by atoms with van der Waals surface area (Å²) < 4.78 is 34.2. The lowest BCUT2D eigenvalue weighted by Gasteiger charge is -2.21. The maximum absolute atomic E-state index is 13.5. The first kappa shape index (κ1) is 26.9. The van der Waals surface area contributed by atoms with Crippen LogP contribution in [0.2, 0.25) is 5.02 Å². The lowest BCUT2D eigenvalue weighted by Crippen LogP contribution is -2.30. The number of nitrogens with one attached hydrogen (secondary N) is 1. The van der Waals surface area contributed by atoms with Gasteiger partial charge < -0.3 is 9.73 Å². The summed E-state index contributed by atoms with van der Waals surface area (Å²) in [6, 6.07) is 27.5. The van der Waals surface area contributed by atoms with E-state index < -0.39 is 15.9 Å². The van der Waals surface area contributed by atoms with E-state index in [1.165, 1.54) is 10.4 Å². The first-order chi connectivity index (χ1) is 18.2. The highest BCUT2D eigenvalue weighted by atomic mass is 35.5. The van der Waals surface area contributed by atoms with Gasteiger partial charge in [-0.15, -0.1) is 0 Å². The van der Waals surface area contributed by atoms with Crippen LogP contribution in [0.5, 0.6) is 0 Å². The normalized spacial score (nSPS) is 11.8. The molecule has 1 N–H and O–H groups in total. The highest BCUT2D eigenvalue weighted by Gasteiger charge is 2.26. The zero-order chi connectivity index (χ0) is 27.1. The number of carbonyl (C=O) groups excluding carboxylic acids is 1. The number of hydrogen-bond donors (Lipinski definition) is 1. The minimum Gasteiger partial charge on any atom is -0.460 e. The topological polar surface area (TPSA) is 103 Å². The third kappa shape index (κ3) is 6.78. The maximum Gasteiger partial charge on any atom is 0.266 e. The van der Waals surface area contributed by atoms with Crippen molar-refractivity contribution in [2.75, 3.05) is 5.32 Å². The van der Waals surface area contributed by atoms with Crippen LogP contribution < -0.4 is 5.32 Å². The molecule has 1 aromatic heterocycles. The molecule has 1 heterocycles. The van der Waals surface area contributed by atoms with Crippen molar-refractivity contribution in [3.05, 3.63) is 124 Å². The summed E-state index contributed by atoms with van der Waals surface area (Å²) in [7, 11) is -3.85. The van der Waals surface area contributed by atoms with E-state index in [1.807, 2.05) is 43.3 Å². The van der Waals surface area contributed by atoms with Crippen LogP contribution >= 0.6 is 11.6 Å². The van der Waals surface area contributed by atoms with E-state index in [1.54, 1.807) is 60.7 Å². The molecule has 0 bridgehead atoms. The van der Waals surface area contributed by atoms with Gasteiger partial charge in [0.2, 0.25) is 10.0 Å². The largest absolute Gasteiger partial charge is 0.460 e. The lowest BCUT2D eigenvalue weighted by atomic mass is 10.2. The second-order valence-corrected chi connectivity index (χ2v) is 10.9. The molecule has 0 saturated heterocycles. The predicted octanol–water partition coefficient (Wildman–Crippen LogP) is 6.18. The predicted molar refractivity (Wildman–Crippen MR) is 146 cm³/mol. The Morgan fingerprint density at radius 1 is 0.974 bits per heavy atom. The second-order valence-electron chi connectivity index (χ2n) is 8.51. The molecule has 0 aliphatic heterocycles. The van der Waals surface area contributed by atoms with Crippen molar-refractivity contribution < 1.29 is 17.6 Å². The van der Waals surface area contributed by atoms with E-state index in [0.717, 1.165) is 11.1 Å². The molecule has 7 nitrogen and oxygen atoms in total. The molecule has 0 unspecified atom stereocenters. The van der Waals surface area contributed by atoms with E-state index in [4.69, 9.17) is 16.0 Å². The minimum atomic E-state index is -3.85. The second kappa shape index (κ2) is 11.9. The van der Waals surface area contributed by atoms with Crippen LogP contribution in [0, 0.1) is 18.3 Å². The van der Waals surface area contributed by atoms with Crippen molar-refractivity contribution in [1.29, 1.82) is 5.26 Å². The Hall–Kier alpha value is -4.16. The van der Waals surface area contributed by atoms with Crippen LogP contribution in [0.3, 0.4) is 0 Å². The molecular formula is C29H24ClN3O4S. The van der Waals surface area contributed by atoms with Crippen molar-refractivity contribution in [2.45, 2.75) is 24.9 Å². The Morgan fingerprint density at radius 3 is 2.32 bits per heavy atom. The van der Waals surface area contributed by atoms with Crippen molar-refractivity contribution >= 4 is 39.3 Å². The minimum absolute atomic E-state index is 0.0438. The van der Waals surface area contributed by atoms with Gasteiger partial charge in [0, 0.05) is 23.3 Å². The summed E-state index contributed by atoms with van der Waals surface area (Å²) >= 11 is 5.87. The lowest BCUT2D eigenvalue weighted by molar-refractivity contribution is -0.112. The molecule has 4 aromatic rings. The molecule has 9 heteroatoms. The van der Waals surface area contributed by atoms with E-state index in [-0.39, 0.29) is 29.3 Å². The molecule has 4 rings (SSSR count). The molecule has 0 saturated carbocycles. The van der Waals surface area contributed by atoms with Gasteiger partial charge in [-0.05, 0) is 61.0 Å². The van der Waals surface area contributed by atoms with Gasteiger partial charge in [-0.1, -0.05) is 59.6 Å². The van der Waals surface area contributed by atoms with Gasteiger partial charge in [-0.3, -0.25) is 4.79 Å². The first-order valence-electron chi connectivity index (χ1n) is 11.6. The van der Waals surface area contributed by atoms with Gasteiger partial charge >= 0.3 is 0 Å². The molecule has 0 spiro atoms. The molecule has 1 amide bonds. The number of amides is 1. The number of anilines is 1. The maximum atomic E-state index is 13.5. The van der Waals surface area contributed by atoms with Crippen LogP contribution in [0.15, 0.2) is 106 Å². The summed E-state index contributed by atoms with van der Waals surface area (Å²) in [5.74, 6) is -0.00565. The van der Waals surface area contributed by atoms with Crippen molar-refractivity contribution in [1.82, 2.24) is 4.31 Å². The van der Waals surface area contributed by atoms with Crippen LogP contribution in [0.1, 0.15) is 22.6 Å². The number of sulfonamides is 1. The van der Waals surface area contributed by atoms with Crippen molar-refractivity contribution in [3.63, 3.8) is 0 Å². The fraction of sp³-hybridized carbons (Fsp3) is 0.103. The highest BCUT2D eigenvalue weighted by Crippen LogP contribution is 2.23. The van der Waals surface area contributed by atoms with E-state index in [2.05, 4.69) is 5.32 Å². The van der Waals surface area contributed by atoms with Crippen LogP contribution in [-0.2, 0) is 27.9 Å². The summed E-state index contributed by atoms with van der Waals surface area (Å²) in [4.78, 5) is 12.7. The number of halogens is 1. The van der Waals surface area contributed by atoms with E-state index in [0.29, 0.717) is 16.5 Å². The summed E-state index contributed by atoms with van der Waals surface area (Å²) in [6.45, 7) is 1.98. The Bertz CT molecular complexity index is 1590. The Balaban J connectivity index is 1.56. The standard InChI is InChI=1S/C29H24ClN3O4S/c1-21-7-15-28(16-8-21)38(35,36)33(19-22-5-3-2-4-6-22)20-27-14-13-26(37-27)17-23(18-31)29(34)32-25-11-9-24(30)10-12-25/h2-17H,19-20H2,1H3,(H,32,34)/b23-17-. The fourth-order valence-electron chi connectivity index (χ4n) is 3.63. The SMILES string of the molecule is Cc1ccc(S(=O)(=O)N(Cc2ccccc2)Cc2ccc(/C=C(/C#N)C(=O)Nc3ccc(Cl)cc3)o2)cc1. The van der Waals surface area contributed by atoms with Crippen LogP contribution in [0.25, 0.3) is 6.08 Å². The quantitative estimate of drug-likeness (QED) is 0.200. The van der Waals surface area contributed by atoms with Crippen molar-refractivity contribution in [2.24, 2.45) is 0 Å². The number of nitriles is 1. The zero-order valence-corrected chi connectivity index (χ0v) is 22.0. The average molecular weight is 546 g/mol. The highest BCUT2D eigenvalue weighted by molar-refractivity contribution is 7.89. The number of carbonyl (C=O) groups is 1. The molecule has 0 aliphatic rings. The summed E-state index contributed by atoms with van der Waals surface area (Å²) in [5, 5.41) is 12.7. The van der Waals surface area contributed by atoms with Gasteiger partial charge in [0.15, 0.2) is 0 Å². The average Bonchev–Trinajstić information content (AvgIpc) is 3.36. The molecule has 0 aliphatic carbocycles. The Labute approximate surface area is 226 Å². The first-order valence-corrected chi connectivity index (χ1v) is 13.4. The number of benzene rings is 3. The van der Waals surface area contributed by atoms with Gasteiger partial charge in [-0.2, -0.15) is 9.57 Å². The number of furan rings is 1. The third-order valence-corrected chi connectivity index (χ3v) is 7.69. The third-order valence-electron chi connectivity index (χ3n) is 5.63. The zero-order valence-electron chi connectivity index (χ0n) is 20.5. The number of rotatable bonds is 9. The van der Waals surface area contributed by atoms with Gasteiger partial charge in [0.1, 0.15) is 23.2 Å². The van der Waals surface area contributed by atoms with Gasteiger partial charge in [0.05, 0.1) is 11.4 Å². The van der Waals surface area contributed by atoms with Gasteiger partial charge in [0.25, 0.3) is 5.91 Å². The molecule has 192 valence electrons. The fourth-order valence-corrected chi connectivity index (χ4v) is 5.15. The Morgan fingerprint density at radius 2 is 1.66 bits per heavy atom. The van der Waals surface area contributed by atoms with Gasteiger partial charge in [-0.25, -0.2) is 8.42 Å². The molecule has 38 heavy (non-hydrogen) atoms. The Kier molecular flexibility index (Phi) is 8.44. The smallest absolute Gasteiger partial charge is 0.266 e. The molecule has 0 fully saturated rings. The molecule has 0 radical (unpaired) electrons. The van der Waals surface area contributed by atoms with E-state index in [9.17, 15) is 18.5 Å².